The number of hydrogen-bond donors (Lipinski definition) is 1. The van der Waals surface area contributed by atoms with Crippen molar-refractivity contribution < 1.29 is 23.8 Å². The molecule has 0 fully saturated rings. The number of ether oxygens (including phenoxy) is 3. The van der Waals surface area contributed by atoms with Crippen molar-refractivity contribution in [3.63, 3.8) is 0 Å². The summed E-state index contributed by atoms with van der Waals surface area (Å²) in [5.74, 6) is 1.45. The lowest BCUT2D eigenvalue weighted by Gasteiger charge is -2.18. The van der Waals surface area contributed by atoms with Gasteiger partial charge in [-0.25, -0.2) is 4.98 Å². The van der Waals surface area contributed by atoms with Crippen LogP contribution in [0.3, 0.4) is 0 Å². The third kappa shape index (κ3) is 5.41. The number of nitrogens with one attached hydrogen (secondary N) is 1. The summed E-state index contributed by atoms with van der Waals surface area (Å²) in [7, 11) is 6.31. The van der Waals surface area contributed by atoms with Gasteiger partial charge in [-0.3, -0.25) is 9.59 Å². The van der Waals surface area contributed by atoms with Crippen molar-refractivity contribution >= 4 is 22.8 Å². The van der Waals surface area contributed by atoms with Gasteiger partial charge in [-0.2, -0.15) is 0 Å². The zero-order chi connectivity index (χ0) is 24.7. The molecule has 1 aromatic heterocycles. The summed E-state index contributed by atoms with van der Waals surface area (Å²) in [5, 5.41) is 2.89. The minimum Gasteiger partial charge on any atom is -0.493 e. The summed E-state index contributed by atoms with van der Waals surface area (Å²) in [6.07, 6.45) is 1.97. The lowest BCUT2D eigenvalue weighted by atomic mass is 10.1. The molecule has 3 aromatic rings. The zero-order valence-corrected chi connectivity index (χ0v) is 20.4. The Morgan fingerprint density at radius 3 is 2.35 bits per heavy atom. The Labute approximate surface area is 199 Å². The fraction of sp³-hybridized carbons (Fsp3) is 0.400. The molecule has 0 radical (unpaired) electrons. The van der Waals surface area contributed by atoms with Crippen LogP contribution < -0.4 is 19.5 Å². The number of fused-ring (bicyclic) bond motifs is 1. The number of nitrogens with zero attached hydrogens (tertiary/aromatic N) is 3. The van der Waals surface area contributed by atoms with Crippen molar-refractivity contribution in [3.8, 4) is 17.2 Å². The van der Waals surface area contributed by atoms with Crippen LogP contribution in [0.5, 0.6) is 17.2 Å². The molecule has 0 saturated heterocycles. The molecule has 0 atom stereocenters. The number of aromatic nitrogens is 2. The first-order valence-electron chi connectivity index (χ1n) is 11.2. The fourth-order valence-corrected chi connectivity index (χ4v) is 3.69. The SMILES string of the molecule is CCCCN(C)C(=O)Cn1c(CNC(=O)c2cc(OC)c(OC)c(OC)c2)nc2ccccc21. The zero-order valence-electron chi connectivity index (χ0n) is 20.4. The van der Waals surface area contributed by atoms with Crippen LogP contribution in [-0.2, 0) is 17.9 Å². The van der Waals surface area contributed by atoms with E-state index in [0.717, 1.165) is 23.9 Å². The van der Waals surface area contributed by atoms with E-state index >= 15 is 0 Å². The third-order valence-corrected chi connectivity index (χ3v) is 5.63. The summed E-state index contributed by atoms with van der Waals surface area (Å²) < 4.78 is 17.9. The predicted molar refractivity (Wildman–Crippen MR) is 130 cm³/mol. The molecular formula is C25H32N4O5. The summed E-state index contributed by atoms with van der Waals surface area (Å²) in [6.45, 7) is 3.10. The first-order valence-corrected chi connectivity index (χ1v) is 11.2. The molecule has 3 rings (SSSR count). The monoisotopic (exact) mass is 468 g/mol. The average molecular weight is 469 g/mol. The van der Waals surface area contributed by atoms with Gasteiger partial charge in [-0.05, 0) is 30.7 Å². The summed E-state index contributed by atoms with van der Waals surface area (Å²) in [4.78, 5) is 32.2. The highest BCUT2D eigenvalue weighted by Crippen LogP contribution is 2.38. The Morgan fingerprint density at radius 1 is 1.06 bits per heavy atom. The molecule has 0 aliphatic carbocycles. The lowest BCUT2D eigenvalue weighted by Crippen LogP contribution is -2.32. The van der Waals surface area contributed by atoms with Gasteiger partial charge in [0, 0.05) is 19.2 Å². The topological polar surface area (TPSA) is 94.9 Å². The molecule has 1 heterocycles. The molecule has 182 valence electrons. The maximum Gasteiger partial charge on any atom is 0.251 e. The second-order valence-corrected chi connectivity index (χ2v) is 7.87. The quantitative estimate of drug-likeness (QED) is 0.464. The van der Waals surface area contributed by atoms with Gasteiger partial charge in [0.1, 0.15) is 12.4 Å². The number of amides is 2. The first-order chi connectivity index (χ1) is 16.4. The van der Waals surface area contributed by atoms with Crippen molar-refractivity contribution in [3.05, 3.63) is 47.8 Å². The third-order valence-electron chi connectivity index (χ3n) is 5.63. The standard InChI is InChI=1S/C25H32N4O5/c1-6-7-12-28(2)23(30)16-29-19-11-9-8-10-18(19)27-22(29)15-26-25(31)17-13-20(32-3)24(34-5)21(14-17)33-4/h8-11,13-14H,6-7,12,15-16H2,1-5H3,(H,26,31). The van der Waals surface area contributed by atoms with Crippen LogP contribution in [0.25, 0.3) is 11.0 Å². The number of benzene rings is 2. The Bertz CT molecular complexity index is 1130. The molecule has 0 aliphatic heterocycles. The molecular weight excluding hydrogens is 436 g/mol. The van der Waals surface area contributed by atoms with Crippen LogP contribution in [0.15, 0.2) is 36.4 Å². The molecule has 0 spiro atoms. The number of likely N-dealkylation sites (N-methyl/N-ethyl adjacent to an activating group) is 1. The van der Waals surface area contributed by atoms with Crippen molar-refractivity contribution in [2.45, 2.75) is 32.9 Å². The Kier molecular flexibility index (Phi) is 8.34. The first kappa shape index (κ1) is 24.9. The van der Waals surface area contributed by atoms with Crippen LogP contribution >= 0.6 is 0 Å². The lowest BCUT2D eigenvalue weighted by molar-refractivity contribution is -0.130. The summed E-state index contributed by atoms with van der Waals surface area (Å²) in [5.41, 5.74) is 1.97. The minimum atomic E-state index is -0.329. The molecule has 0 unspecified atom stereocenters. The van der Waals surface area contributed by atoms with E-state index in [4.69, 9.17) is 14.2 Å². The molecule has 9 nitrogen and oxygen atoms in total. The van der Waals surface area contributed by atoms with E-state index in [-0.39, 0.29) is 24.9 Å². The van der Waals surface area contributed by atoms with Crippen LogP contribution in [-0.4, -0.2) is 61.2 Å². The summed E-state index contributed by atoms with van der Waals surface area (Å²) in [6, 6.07) is 10.8. The van der Waals surface area contributed by atoms with Crippen molar-refractivity contribution in [1.82, 2.24) is 19.8 Å². The minimum absolute atomic E-state index is 0.00573. The van der Waals surface area contributed by atoms with Crippen LogP contribution in [0.2, 0.25) is 0 Å². The van der Waals surface area contributed by atoms with E-state index in [1.807, 2.05) is 35.9 Å². The second kappa shape index (κ2) is 11.4. The smallest absolute Gasteiger partial charge is 0.251 e. The maximum absolute atomic E-state index is 13.0. The van der Waals surface area contributed by atoms with E-state index in [0.29, 0.717) is 35.2 Å². The predicted octanol–water partition coefficient (Wildman–Crippen LogP) is 3.25. The molecule has 0 bridgehead atoms. The molecule has 9 heteroatoms. The van der Waals surface area contributed by atoms with E-state index in [2.05, 4.69) is 17.2 Å². The largest absolute Gasteiger partial charge is 0.493 e. The highest BCUT2D eigenvalue weighted by atomic mass is 16.5. The highest BCUT2D eigenvalue weighted by Gasteiger charge is 2.19. The van der Waals surface area contributed by atoms with Crippen LogP contribution in [0.1, 0.15) is 35.9 Å². The molecule has 1 N–H and O–H groups in total. The Hall–Kier alpha value is -3.75. The second-order valence-electron chi connectivity index (χ2n) is 7.87. The summed E-state index contributed by atoms with van der Waals surface area (Å²) >= 11 is 0. The maximum atomic E-state index is 13.0. The van der Waals surface area contributed by atoms with Crippen molar-refractivity contribution in [2.75, 3.05) is 34.9 Å². The van der Waals surface area contributed by atoms with Gasteiger partial charge in [0.05, 0.1) is 38.9 Å². The Morgan fingerprint density at radius 2 is 1.74 bits per heavy atom. The van der Waals surface area contributed by atoms with Crippen molar-refractivity contribution in [1.29, 1.82) is 0 Å². The number of methoxy groups -OCH3 is 3. The van der Waals surface area contributed by atoms with Crippen LogP contribution in [0.4, 0.5) is 0 Å². The van der Waals surface area contributed by atoms with Gasteiger partial charge in [0.2, 0.25) is 11.7 Å². The molecule has 2 amide bonds. The molecule has 34 heavy (non-hydrogen) atoms. The van der Waals surface area contributed by atoms with Gasteiger partial charge in [-0.15, -0.1) is 0 Å². The number of carbonyl (C=O) groups excluding carboxylic acids is 2. The number of rotatable bonds is 11. The van der Waals surface area contributed by atoms with E-state index in [1.165, 1.54) is 21.3 Å². The number of unbranched alkanes of at least 4 members (excludes halogenated alkanes) is 1. The number of carbonyl (C=O) groups is 2. The normalized spacial score (nSPS) is 10.7. The number of hydrogen-bond acceptors (Lipinski definition) is 6. The van der Waals surface area contributed by atoms with E-state index in [1.54, 1.807) is 17.0 Å². The highest BCUT2D eigenvalue weighted by molar-refractivity contribution is 5.95. The molecule has 2 aromatic carbocycles. The molecule has 0 aliphatic rings. The number of para-hydroxylation sites is 2. The van der Waals surface area contributed by atoms with E-state index < -0.39 is 0 Å². The van der Waals surface area contributed by atoms with Gasteiger partial charge in [0.25, 0.3) is 5.91 Å². The van der Waals surface area contributed by atoms with Gasteiger partial charge in [-0.1, -0.05) is 25.5 Å². The Balaban J connectivity index is 1.83. The molecule has 0 saturated carbocycles. The van der Waals surface area contributed by atoms with E-state index in [9.17, 15) is 9.59 Å². The van der Waals surface area contributed by atoms with Gasteiger partial charge >= 0.3 is 0 Å². The van der Waals surface area contributed by atoms with Gasteiger partial charge < -0.3 is 29.0 Å². The number of imidazole rings is 1. The average Bonchev–Trinajstić information content (AvgIpc) is 3.21. The van der Waals surface area contributed by atoms with Crippen LogP contribution in [0, 0.1) is 0 Å². The fourth-order valence-electron chi connectivity index (χ4n) is 3.69. The van der Waals surface area contributed by atoms with Crippen molar-refractivity contribution in [2.24, 2.45) is 0 Å². The van der Waals surface area contributed by atoms with Gasteiger partial charge in [0.15, 0.2) is 11.5 Å².